The summed E-state index contributed by atoms with van der Waals surface area (Å²) < 4.78 is 0. The summed E-state index contributed by atoms with van der Waals surface area (Å²) in [6.45, 7) is 4.31. The molecular weight excluding hydrogens is 210 g/mol. The van der Waals surface area contributed by atoms with E-state index in [1.807, 2.05) is 6.92 Å². The molecule has 0 saturated heterocycles. The lowest BCUT2D eigenvalue weighted by Crippen LogP contribution is -2.00. The highest BCUT2D eigenvalue weighted by molar-refractivity contribution is 4.62. The van der Waals surface area contributed by atoms with Gasteiger partial charge in [-0.25, -0.2) is 0 Å². The number of unbranched alkanes of at least 4 members (excludes halogenated alkanes) is 9. The Morgan fingerprint density at radius 3 is 1.65 bits per heavy atom. The van der Waals surface area contributed by atoms with Crippen molar-refractivity contribution in [3.8, 4) is 0 Å². The van der Waals surface area contributed by atoms with E-state index in [4.69, 9.17) is 0 Å². The number of nitrogens with zero attached hydrogens (tertiary/aromatic N) is 1. The van der Waals surface area contributed by atoms with Gasteiger partial charge in [-0.2, -0.15) is 4.91 Å². The molecule has 0 fully saturated rings. The molecule has 0 aliphatic rings. The third kappa shape index (κ3) is 11.9. The summed E-state index contributed by atoms with van der Waals surface area (Å²) >= 11 is 0. The molecule has 17 heavy (non-hydrogen) atoms. The Bertz CT molecular complexity index is 159. The Morgan fingerprint density at radius 2 is 1.24 bits per heavy atom. The van der Waals surface area contributed by atoms with Crippen LogP contribution >= 0.6 is 0 Å². The van der Waals surface area contributed by atoms with Gasteiger partial charge >= 0.3 is 0 Å². The van der Waals surface area contributed by atoms with E-state index in [9.17, 15) is 4.91 Å². The van der Waals surface area contributed by atoms with Gasteiger partial charge < -0.3 is 0 Å². The number of nitroso groups, excluding NO2 is 1. The third-order valence-corrected chi connectivity index (χ3v) is 3.51. The highest BCUT2D eigenvalue weighted by Crippen LogP contribution is 2.13. The minimum absolute atomic E-state index is 0.0732. The topological polar surface area (TPSA) is 29.4 Å². The van der Waals surface area contributed by atoms with Gasteiger partial charge in [0.05, 0.1) is 6.04 Å². The van der Waals surface area contributed by atoms with Crippen molar-refractivity contribution in [1.29, 1.82) is 0 Å². The second kappa shape index (κ2) is 13.7. The lowest BCUT2D eigenvalue weighted by Gasteiger charge is -2.05. The first-order valence-corrected chi connectivity index (χ1v) is 7.67. The smallest absolute Gasteiger partial charge is 0.0917 e. The van der Waals surface area contributed by atoms with Crippen molar-refractivity contribution in [1.82, 2.24) is 0 Å². The quantitative estimate of drug-likeness (QED) is 0.294. The van der Waals surface area contributed by atoms with Gasteiger partial charge in [-0.1, -0.05) is 83.2 Å². The van der Waals surface area contributed by atoms with E-state index in [2.05, 4.69) is 12.1 Å². The van der Waals surface area contributed by atoms with Crippen molar-refractivity contribution in [2.75, 3.05) is 0 Å². The fourth-order valence-electron chi connectivity index (χ4n) is 2.20. The molecule has 1 atom stereocenters. The Morgan fingerprint density at radius 1 is 0.765 bits per heavy atom. The van der Waals surface area contributed by atoms with Crippen LogP contribution in [0.1, 0.15) is 90.9 Å². The molecule has 2 nitrogen and oxygen atoms in total. The first kappa shape index (κ1) is 16.6. The lowest BCUT2D eigenvalue weighted by molar-refractivity contribution is 0.515. The molecule has 2 heteroatoms. The average Bonchev–Trinajstić information content (AvgIpc) is 2.36. The van der Waals surface area contributed by atoms with Crippen molar-refractivity contribution in [2.45, 2.75) is 96.9 Å². The zero-order valence-corrected chi connectivity index (χ0v) is 11.9. The molecule has 0 aromatic carbocycles. The summed E-state index contributed by atoms with van der Waals surface area (Å²) in [6, 6.07) is 0.0732. The molecule has 0 saturated carbocycles. The van der Waals surface area contributed by atoms with Gasteiger partial charge in [0.2, 0.25) is 0 Å². The van der Waals surface area contributed by atoms with E-state index >= 15 is 0 Å². The van der Waals surface area contributed by atoms with E-state index in [1.165, 1.54) is 64.2 Å². The second-order valence-corrected chi connectivity index (χ2v) is 5.14. The standard InChI is InChI=1S/C15H31NO/c1-3-5-6-7-8-9-10-11-12-13-14-15(4-2)16-17/h15H,3-14H2,1-2H3. The van der Waals surface area contributed by atoms with Crippen molar-refractivity contribution in [3.05, 3.63) is 4.91 Å². The molecule has 0 aromatic heterocycles. The lowest BCUT2D eigenvalue weighted by atomic mass is 10.0. The molecule has 0 amide bonds. The van der Waals surface area contributed by atoms with Crippen molar-refractivity contribution < 1.29 is 0 Å². The molecule has 0 aliphatic carbocycles. The summed E-state index contributed by atoms with van der Waals surface area (Å²) in [5.74, 6) is 0. The van der Waals surface area contributed by atoms with Crippen molar-refractivity contribution in [3.63, 3.8) is 0 Å². The van der Waals surface area contributed by atoms with Crippen LogP contribution in [0.25, 0.3) is 0 Å². The highest BCUT2D eigenvalue weighted by atomic mass is 16.3. The fourth-order valence-corrected chi connectivity index (χ4v) is 2.20. The van der Waals surface area contributed by atoms with Gasteiger partial charge in [-0.15, -0.1) is 0 Å². The van der Waals surface area contributed by atoms with Gasteiger partial charge in [0.25, 0.3) is 0 Å². The van der Waals surface area contributed by atoms with Gasteiger partial charge in [-0.3, -0.25) is 0 Å². The average molecular weight is 241 g/mol. The van der Waals surface area contributed by atoms with E-state index < -0.39 is 0 Å². The molecule has 0 rings (SSSR count). The third-order valence-electron chi connectivity index (χ3n) is 3.51. The van der Waals surface area contributed by atoms with E-state index in [0.717, 1.165) is 12.8 Å². The van der Waals surface area contributed by atoms with E-state index in [-0.39, 0.29) is 6.04 Å². The monoisotopic (exact) mass is 241 g/mol. The minimum Gasteiger partial charge on any atom is -0.151 e. The van der Waals surface area contributed by atoms with Crippen molar-refractivity contribution >= 4 is 0 Å². The molecule has 102 valence electrons. The van der Waals surface area contributed by atoms with Crippen LogP contribution in [-0.4, -0.2) is 6.04 Å². The summed E-state index contributed by atoms with van der Waals surface area (Å²) in [6.07, 6.45) is 15.4. The second-order valence-electron chi connectivity index (χ2n) is 5.14. The SMILES string of the molecule is CCCCCCCCCCCCC(CC)N=O. The van der Waals surface area contributed by atoms with Crippen LogP contribution in [0.15, 0.2) is 5.18 Å². The summed E-state index contributed by atoms with van der Waals surface area (Å²) in [5.41, 5.74) is 0. The van der Waals surface area contributed by atoms with Crippen LogP contribution in [0.5, 0.6) is 0 Å². The number of rotatable bonds is 13. The normalized spacial score (nSPS) is 12.6. The maximum absolute atomic E-state index is 10.4. The van der Waals surface area contributed by atoms with E-state index in [0.29, 0.717) is 0 Å². The predicted octanol–water partition coefficient (Wildman–Crippen LogP) is 5.84. The Kier molecular flexibility index (Phi) is 13.3. The van der Waals surface area contributed by atoms with Crippen molar-refractivity contribution in [2.24, 2.45) is 5.18 Å². The Labute approximate surface area is 108 Å². The molecular formula is C15H31NO. The summed E-state index contributed by atoms with van der Waals surface area (Å²) in [5, 5.41) is 3.13. The molecule has 0 aromatic rings. The molecule has 0 radical (unpaired) electrons. The van der Waals surface area contributed by atoms with Crippen LogP contribution in [0.4, 0.5) is 0 Å². The zero-order valence-electron chi connectivity index (χ0n) is 11.9. The molecule has 0 bridgehead atoms. The zero-order chi connectivity index (χ0) is 12.8. The molecule has 1 unspecified atom stereocenters. The summed E-state index contributed by atoms with van der Waals surface area (Å²) in [7, 11) is 0. The fraction of sp³-hybridized carbons (Fsp3) is 1.00. The molecule has 0 heterocycles. The minimum atomic E-state index is 0.0732. The first-order valence-electron chi connectivity index (χ1n) is 7.67. The molecule has 0 N–H and O–H groups in total. The number of hydrogen-bond donors (Lipinski definition) is 0. The maximum atomic E-state index is 10.4. The van der Waals surface area contributed by atoms with Gasteiger partial charge in [0, 0.05) is 0 Å². The highest BCUT2D eigenvalue weighted by Gasteiger charge is 2.04. The number of hydrogen-bond acceptors (Lipinski definition) is 2. The molecule has 0 spiro atoms. The van der Waals surface area contributed by atoms with Gasteiger partial charge in [-0.05, 0) is 12.8 Å². The Hall–Kier alpha value is -0.400. The maximum Gasteiger partial charge on any atom is 0.0917 e. The van der Waals surface area contributed by atoms with Gasteiger partial charge in [0.15, 0.2) is 0 Å². The van der Waals surface area contributed by atoms with Gasteiger partial charge in [0.1, 0.15) is 0 Å². The van der Waals surface area contributed by atoms with E-state index in [1.54, 1.807) is 0 Å². The van der Waals surface area contributed by atoms with Crippen LogP contribution in [-0.2, 0) is 0 Å². The van der Waals surface area contributed by atoms with Crippen LogP contribution in [0.2, 0.25) is 0 Å². The molecule has 0 aliphatic heterocycles. The first-order chi connectivity index (χ1) is 8.35. The Balaban J connectivity index is 3.05. The summed E-state index contributed by atoms with van der Waals surface area (Å²) in [4.78, 5) is 10.4. The largest absolute Gasteiger partial charge is 0.151 e. The van der Waals surface area contributed by atoms with Crippen LogP contribution in [0, 0.1) is 4.91 Å². The predicted molar refractivity (Wildman–Crippen MR) is 76.3 cm³/mol. The van der Waals surface area contributed by atoms with Crippen LogP contribution < -0.4 is 0 Å². The van der Waals surface area contributed by atoms with Crippen LogP contribution in [0.3, 0.4) is 0 Å².